The summed E-state index contributed by atoms with van der Waals surface area (Å²) in [6.07, 6.45) is 1.60. The highest BCUT2D eigenvalue weighted by Gasteiger charge is 2.27. The second-order valence-electron chi connectivity index (χ2n) is 7.62. The van der Waals surface area contributed by atoms with Crippen molar-refractivity contribution in [3.63, 3.8) is 0 Å². The Morgan fingerprint density at radius 1 is 1.14 bits per heavy atom. The number of hydrogen-bond donors (Lipinski definition) is 3. The number of nitrogens with one attached hydrogen (secondary N) is 1. The summed E-state index contributed by atoms with van der Waals surface area (Å²) in [4.78, 5) is 12.4. The van der Waals surface area contributed by atoms with E-state index in [0.29, 0.717) is 0 Å². The standard InChI is InChI=1S/C18H28N2O2/c1-8-14(19)20-16(22)12-9-11(17(2,3)4)10-13(15(12)21)18(5,6)7/h8-10,21H,19H2,1-7H3,(H,20,22). The lowest BCUT2D eigenvalue weighted by Crippen LogP contribution is -2.28. The van der Waals surface area contributed by atoms with Gasteiger partial charge in [0, 0.05) is 5.56 Å². The molecule has 0 heterocycles. The third-order valence-electron chi connectivity index (χ3n) is 3.60. The van der Waals surface area contributed by atoms with Gasteiger partial charge in [0.05, 0.1) is 11.4 Å². The lowest BCUT2D eigenvalue weighted by Gasteiger charge is -2.27. The summed E-state index contributed by atoms with van der Waals surface area (Å²) in [5, 5.41) is 13.1. The molecule has 0 radical (unpaired) electrons. The summed E-state index contributed by atoms with van der Waals surface area (Å²) in [5.74, 6) is -0.116. The minimum atomic E-state index is -0.398. The third kappa shape index (κ3) is 4.03. The van der Waals surface area contributed by atoms with E-state index in [-0.39, 0.29) is 28.0 Å². The zero-order chi connectivity index (χ0) is 17.3. The number of nitrogens with two attached hydrogens (primary N) is 1. The van der Waals surface area contributed by atoms with Gasteiger partial charge in [0.15, 0.2) is 0 Å². The molecule has 0 atom stereocenters. The first-order chi connectivity index (χ1) is 9.87. The highest BCUT2D eigenvalue weighted by molar-refractivity contribution is 5.98. The predicted octanol–water partition coefficient (Wildman–Crippen LogP) is 3.54. The molecule has 0 aromatic heterocycles. The van der Waals surface area contributed by atoms with Crippen molar-refractivity contribution < 1.29 is 9.90 Å². The Kier molecular flexibility index (Phi) is 4.96. The van der Waals surface area contributed by atoms with Crippen LogP contribution in [-0.4, -0.2) is 11.0 Å². The van der Waals surface area contributed by atoms with E-state index in [2.05, 4.69) is 26.1 Å². The van der Waals surface area contributed by atoms with Gasteiger partial charge in [0.2, 0.25) is 0 Å². The fourth-order valence-corrected chi connectivity index (χ4v) is 2.08. The number of allylic oxidation sites excluding steroid dienone is 1. The molecule has 4 N–H and O–H groups in total. The van der Waals surface area contributed by atoms with E-state index >= 15 is 0 Å². The molecule has 1 rings (SSSR count). The van der Waals surface area contributed by atoms with E-state index < -0.39 is 5.91 Å². The Hall–Kier alpha value is -1.97. The molecule has 0 aliphatic carbocycles. The summed E-state index contributed by atoms with van der Waals surface area (Å²) in [5.41, 5.74) is 7.26. The van der Waals surface area contributed by atoms with Crippen molar-refractivity contribution in [3.8, 4) is 5.75 Å². The molecule has 1 aromatic rings. The van der Waals surface area contributed by atoms with Gasteiger partial charge in [-0.25, -0.2) is 0 Å². The smallest absolute Gasteiger partial charge is 0.260 e. The van der Waals surface area contributed by atoms with Crippen LogP contribution in [0.3, 0.4) is 0 Å². The molecule has 0 fully saturated rings. The lowest BCUT2D eigenvalue weighted by molar-refractivity contribution is 0.0962. The molecule has 122 valence electrons. The van der Waals surface area contributed by atoms with E-state index in [1.807, 2.05) is 26.8 Å². The van der Waals surface area contributed by atoms with E-state index in [4.69, 9.17) is 5.73 Å². The van der Waals surface area contributed by atoms with Crippen molar-refractivity contribution in [2.45, 2.75) is 59.3 Å². The Balaban J connectivity index is 3.53. The van der Waals surface area contributed by atoms with Crippen molar-refractivity contribution in [2.24, 2.45) is 5.73 Å². The van der Waals surface area contributed by atoms with Crippen LogP contribution in [0.1, 0.15) is 70.0 Å². The van der Waals surface area contributed by atoms with Crippen LogP contribution in [0.4, 0.5) is 0 Å². The molecular formula is C18H28N2O2. The van der Waals surface area contributed by atoms with Gasteiger partial charge in [-0.2, -0.15) is 0 Å². The number of aromatic hydroxyl groups is 1. The number of benzene rings is 1. The van der Waals surface area contributed by atoms with Crippen LogP contribution in [0.2, 0.25) is 0 Å². The number of phenols is 1. The Morgan fingerprint density at radius 2 is 1.68 bits per heavy atom. The van der Waals surface area contributed by atoms with Gasteiger partial charge in [-0.15, -0.1) is 0 Å². The zero-order valence-corrected chi connectivity index (χ0v) is 14.7. The first kappa shape index (κ1) is 18.1. The van der Waals surface area contributed by atoms with E-state index in [1.54, 1.807) is 19.1 Å². The zero-order valence-electron chi connectivity index (χ0n) is 14.7. The molecule has 1 aromatic carbocycles. The van der Waals surface area contributed by atoms with Crippen molar-refractivity contribution in [2.75, 3.05) is 0 Å². The second-order valence-corrected chi connectivity index (χ2v) is 7.62. The second kappa shape index (κ2) is 6.03. The molecule has 0 spiro atoms. The number of hydrogen-bond acceptors (Lipinski definition) is 3. The van der Waals surface area contributed by atoms with Gasteiger partial charge in [0.1, 0.15) is 5.75 Å². The number of rotatable bonds is 2. The molecular weight excluding hydrogens is 276 g/mol. The first-order valence-corrected chi connectivity index (χ1v) is 7.49. The monoisotopic (exact) mass is 304 g/mol. The molecule has 4 nitrogen and oxygen atoms in total. The molecule has 0 saturated carbocycles. The third-order valence-corrected chi connectivity index (χ3v) is 3.60. The van der Waals surface area contributed by atoms with Crippen molar-refractivity contribution in [1.82, 2.24) is 5.32 Å². The Labute approximate surface area is 133 Å². The highest BCUT2D eigenvalue weighted by Crippen LogP contribution is 2.37. The van der Waals surface area contributed by atoms with Crippen LogP contribution < -0.4 is 11.1 Å². The maximum absolute atomic E-state index is 12.4. The van der Waals surface area contributed by atoms with Gasteiger partial charge in [-0.1, -0.05) is 47.6 Å². The Morgan fingerprint density at radius 3 is 2.09 bits per heavy atom. The first-order valence-electron chi connectivity index (χ1n) is 7.49. The largest absolute Gasteiger partial charge is 0.507 e. The maximum atomic E-state index is 12.4. The van der Waals surface area contributed by atoms with Gasteiger partial charge >= 0.3 is 0 Å². The van der Waals surface area contributed by atoms with Crippen LogP contribution in [-0.2, 0) is 10.8 Å². The summed E-state index contributed by atoms with van der Waals surface area (Å²) < 4.78 is 0. The molecule has 22 heavy (non-hydrogen) atoms. The topological polar surface area (TPSA) is 75.3 Å². The average Bonchev–Trinajstić information content (AvgIpc) is 2.35. The molecule has 0 aliphatic heterocycles. The number of carbonyl (C=O) groups is 1. The Bertz CT molecular complexity index is 603. The van der Waals surface area contributed by atoms with Gasteiger partial charge in [0.25, 0.3) is 5.91 Å². The molecule has 0 saturated heterocycles. The van der Waals surface area contributed by atoms with Crippen molar-refractivity contribution >= 4 is 5.91 Å². The summed E-state index contributed by atoms with van der Waals surface area (Å²) in [7, 11) is 0. The van der Waals surface area contributed by atoms with Crippen LogP contribution in [0, 0.1) is 0 Å². The van der Waals surface area contributed by atoms with Crippen LogP contribution in [0.5, 0.6) is 5.75 Å². The quantitative estimate of drug-likeness (QED) is 0.782. The fraction of sp³-hybridized carbons (Fsp3) is 0.500. The van der Waals surface area contributed by atoms with Gasteiger partial charge < -0.3 is 16.2 Å². The van der Waals surface area contributed by atoms with Crippen molar-refractivity contribution in [3.05, 3.63) is 40.7 Å². The number of carbonyl (C=O) groups excluding carboxylic acids is 1. The van der Waals surface area contributed by atoms with Crippen LogP contribution in [0.25, 0.3) is 0 Å². The van der Waals surface area contributed by atoms with E-state index in [0.717, 1.165) is 11.1 Å². The maximum Gasteiger partial charge on any atom is 0.260 e. The van der Waals surface area contributed by atoms with E-state index in [1.165, 1.54) is 0 Å². The van der Waals surface area contributed by atoms with Crippen LogP contribution in [0.15, 0.2) is 24.0 Å². The minimum Gasteiger partial charge on any atom is -0.507 e. The summed E-state index contributed by atoms with van der Waals surface area (Å²) >= 11 is 0. The molecule has 0 bridgehead atoms. The predicted molar refractivity (Wildman–Crippen MR) is 90.9 cm³/mol. The minimum absolute atomic E-state index is 0.0157. The normalized spacial score (nSPS) is 13.1. The molecule has 0 unspecified atom stereocenters. The average molecular weight is 304 g/mol. The molecule has 1 amide bonds. The van der Waals surface area contributed by atoms with Gasteiger partial charge in [-0.3, -0.25) is 4.79 Å². The van der Waals surface area contributed by atoms with Gasteiger partial charge in [-0.05, 0) is 35.5 Å². The van der Waals surface area contributed by atoms with Crippen molar-refractivity contribution in [1.29, 1.82) is 0 Å². The van der Waals surface area contributed by atoms with Crippen LogP contribution >= 0.6 is 0 Å². The number of amides is 1. The molecule has 0 aliphatic rings. The highest BCUT2D eigenvalue weighted by atomic mass is 16.3. The number of phenolic OH excluding ortho intramolecular Hbond substituents is 1. The lowest BCUT2D eigenvalue weighted by atomic mass is 9.79. The summed E-state index contributed by atoms with van der Waals surface area (Å²) in [6.45, 7) is 14.0. The fourth-order valence-electron chi connectivity index (χ4n) is 2.08. The molecule has 4 heteroatoms. The SMILES string of the molecule is CC=C(N)NC(=O)c1cc(C(C)(C)C)cc(C(C)(C)C)c1O. The summed E-state index contributed by atoms with van der Waals surface area (Å²) in [6, 6.07) is 3.72. The van der Waals surface area contributed by atoms with E-state index in [9.17, 15) is 9.90 Å².